The molecule has 1 saturated heterocycles. The number of nitrogens with one attached hydrogen (secondary N) is 1. The Kier molecular flexibility index (Phi) is 3.71. The Morgan fingerprint density at radius 3 is 2.69 bits per heavy atom. The van der Waals surface area contributed by atoms with Crippen LogP contribution < -0.4 is 10.1 Å². The summed E-state index contributed by atoms with van der Waals surface area (Å²) < 4.78 is 6.12. The molecule has 1 aliphatic heterocycles. The SMILES string of the molecule is COc1cc(C2CCNCC2)c(Br)cc1O. The van der Waals surface area contributed by atoms with Gasteiger partial charge in [0.1, 0.15) is 0 Å². The molecule has 1 aromatic carbocycles. The highest BCUT2D eigenvalue weighted by molar-refractivity contribution is 9.10. The highest BCUT2D eigenvalue weighted by Gasteiger charge is 2.19. The predicted molar refractivity (Wildman–Crippen MR) is 67.2 cm³/mol. The van der Waals surface area contributed by atoms with E-state index in [9.17, 15) is 5.11 Å². The highest BCUT2D eigenvalue weighted by atomic mass is 79.9. The van der Waals surface area contributed by atoms with Gasteiger partial charge in [0.15, 0.2) is 11.5 Å². The van der Waals surface area contributed by atoms with Crippen LogP contribution in [0.5, 0.6) is 11.5 Å². The Morgan fingerprint density at radius 1 is 1.38 bits per heavy atom. The summed E-state index contributed by atoms with van der Waals surface area (Å²) in [6.07, 6.45) is 2.26. The monoisotopic (exact) mass is 285 g/mol. The first kappa shape index (κ1) is 11.7. The zero-order chi connectivity index (χ0) is 11.5. The van der Waals surface area contributed by atoms with Gasteiger partial charge in [0.2, 0.25) is 0 Å². The number of ether oxygens (including phenoxy) is 1. The van der Waals surface area contributed by atoms with Gasteiger partial charge in [-0.1, -0.05) is 15.9 Å². The van der Waals surface area contributed by atoms with E-state index in [-0.39, 0.29) is 5.75 Å². The van der Waals surface area contributed by atoms with Crippen molar-refractivity contribution in [3.8, 4) is 11.5 Å². The zero-order valence-electron chi connectivity index (χ0n) is 9.29. The third kappa shape index (κ3) is 2.33. The summed E-state index contributed by atoms with van der Waals surface area (Å²) in [7, 11) is 1.58. The van der Waals surface area contributed by atoms with Crippen LogP contribution in [0.4, 0.5) is 0 Å². The van der Waals surface area contributed by atoms with E-state index in [1.165, 1.54) is 5.56 Å². The maximum absolute atomic E-state index is 9.65. The summed E-state index contributed by atoms with van der Waals surface area (Å²) in [5.74, 6) is 1.29. The summed E-state index contributed by atoms with van der Waals surface area (Å²) in [5.41, 5.74) is 1.23. The number of hydrogen-bond acceptors (Lipinski definition) is 3. The molecule has 1 aliphatic rings. The standard InChI is InChI=1S/C12H16BrNO2/c1-16-12-6-9(10(13)7-11(12)15)8-2-4-14-5-3-8/h6-8,14-15H,2-5H2,1H3. The maximum atomic E-state index is 9.65. The van der Waals surface area contributed by atoms with Gasteiger partial charge in [0.05, 0.1) is 7.11 Å². The lowest BCUT2D eigenvalue weighted by Crippen LogP contribution is -2.26. The summed E-state index contributed by atoms with van der Waals surface area (Å²) in [6.45, 7) is 2.11. The molecule has 0 atom stereocenters. The maximum Gasteiger partial charge on any atom is 0.160 e. The molecule has 0 aromatic heterocycles. The van der Waals surface area contributed by atoms with Crippen molar-refractivity contribution in [2.24, 2.45) is 0 Å². The fourth-order valence-corrected chi connectivity index (χ4v) is 2.82. The first-order valence-electron chi connectivity index (χ1n) is 5.49. The smallest absolute Gasteiger partial charge is 0.160 e. The second kappa shape index (κ2) is 5.06. The van der Waals surface area contributed by atoms with Crippen LogP contribution in [-0.4, -0.2) is 25.3 Å². The summed E-state index contributed by atoms with van der Waals surface area (Å²) in [6, 6.07) is 3.66. The molecule has 0 unspecified atom stereocenters. The number of piperidine rings is 1. The number of phenols is 1. The third-order valence-corrected chi connectivity index (χ3v) is 3.76. The number of rotatable bonds is 2. The van der Waals surface area contributed by atoms with Gasteiger partial charge in [-0.3, -0.25) is 0 Å². The fraction of sp³-hybridized carbons (Fsp3) is 0.500. The van der Waals surface area contributed by atoms with Crippen LogP contribution in [-0.2, 0) is 0 Å². The second-order valence-corrected chi connectivity index (χ2v) is 4.92. The minimum atomic E-state index is 0.187. The van der Waals surface area contributed by atoms with Crippen LogP contribution >= 0.6 is 15.9 Å². The van der Waals surface area contributed by atoms with Gasteiger partial charge in [-0.05, 0) is 49.5 Å². The molecular weight excluding hydrogens is 270 g/mol. The van der Waals surface area contributed by atoms with Gasteiger partial charge < -0.3 is 15.2 Å². The van der Waals surface area contributed by atoms with Crippen molar-refractivity contribution >= 4 is 15.9 Å². The van der Waals surface area contributed by atoms with Crippen LogP contribution in [0.2, 0.25) is 0 Å². The van der Waals surface area contributed by atoms with Gasteiger partial charge in [0, 0.05) is 4.47 Å². The molecular formula is C12H16BrNO2. The van der Waals surface area contributed by atoms with Crippen molar-refractivity contribution in [2.45, 2.75) is 18.8 Å². The molecule has 1 heterocycles. The molecule has 0 bridgehead atoms. The van der Waals surface area contributed by atoms with Crippen molar-refractivity contribution in [3.63, 3.8) is 0 Å². The van der Waals surface area contributed by atoms with E-state index in [1.807, 2.05) is 6.07 Å². The third-order valence-electron chi connectivity index (χ3n) is 3.08. The Labute approximate surface area is 104 Å². The first-order valence-corrected chi connectivity index (χ1v) is 6.28. The quantitative estimate of drug-likeness (QED) is 0.878. The van der Waals surface area contributed by atoms with Gasteiger partial charge in [0.25, 0.3) is 0 Å². The van der Waals surface area contributed by atoms with E-state index in [0.29, 0.717) is 11.7 Å². The van der Waals surface area contributed by atoms with Crippen LogP contribution in [0.25, 0.3) is 0 Å². The number of methoxy groups -OCH3 is 1. The van der Waals surface area contributed by atoms with Gasteiger partial charge in [-0.2, -0.15) is 0 Å². The van der Waals surface area contributed by atoms with E-state index in [2.05, 4.69) is 21.2 Å². The molecule has 88 valence electrons. The van der Waals surface area contributed by atoms with E-state index in [0.717, 1.165) is 30.4 Å². The molecule has 0 aliphatic carbocycles. The lowest BCUT2D eigenvalue weighted by Gasteiger charge is -2.24. The summed E-state index contributed by atoms with van der Waals surface area (Å²) in [4.78, 5) is 0. The molecule has 2 N–H and O–H groups in total. The largest absolute Gasteiger partial charge is 0.504 e. The van der Waals surface area contributed by atoms with Gasteiger partial charge >= 0.3 is 0 Å². The molecule has 3 nitrogen and oxygen atoms in total. The topological polar surface area (TPSA) is 41.5 Å². The number of aromatic hydroxyl groups is 1. The van der Waals surface area contributed by atoms with Crippen molar-refractivity contribution < 1.29 is 9.84 Å². The van der Waals surface area contributed by atoms with Crippen molar-refractivity contribution in [1.29, 1.82) is 0 Å². The number of halogens is 1. The average Bonchev–Trinajstić information content (AvgIpc) is 2.30. The summed E-state index contributed by atoms with van der Waals surface area (Å²) >= 11 is 3.51. The highest BCUT2D eigenvalue weighted by Crippen LogP contribution is 2.38. The molecule has 2 rings (SSSR count). The molecule has 0 spiro atoms. The Balaban J connectivity index is 2.31. The molecule has 1 fully saturated rings. The van der Waals surface area contributed by atoms with E-state index < -0.39 is 0 Å². The van der Waals surface area contributed by atoms with E-state index >= 15 is 0 Å². The fourth-order valence-electron chi connectivity index (χ4n) is 2.17. The molecule has 0 amide bonds. The van der Waals surface area contributed by atoms with E-state index in [4.69, 9.17) is 4.74 Å². The average molecular weight is 286 g/mol. The molecule has 0 radical (unpaired) electrons. The number of phenolic OH excluding ortho intramolecular Hbond substituents is 1. The number of benzene rings is 1. The van der Waals surface area contributed by atoms with Gasteiger partial charge in [-0.15, -0.1) is 0 Å². The minimum Gasteiger partial charge on any atom is -0.504 e. The van der Waals surface area contributed by atoms with Crippen LogP contribution in [0.3, 0.4) is 0 Å². The lowest BCUT2D eigenvalue weighted by atomic mass is 9.90. The van der Waals surface area contributed by atoms with Crippen molar-refractivity contribution in [2.75, 3.05) is 20.2 Å². The molecule has 1 aromatic rings. The summed E-state index contributed by atoms with van der Waals surface area (Å²) in [5, 5.41) is 13.0. The number of hydrogen-bond donors (Lipinski definition) is 2. The Bertz CT molecular complexity index is 376. The molecule has 0 saturated carbocycles. The van der Waals surface area contributed by atoms with Crippen molar-refractivity contribution in [3.05, 3.63) is 22.2 Å². The Hall–Kier alpha value is -0.740. The normalized spacial score (nSPS) is 17.4. The predicted octanol–water partition coefficient (Wildman–Crippen LogP) is 2.63. The minimum absolute atomic E-state index is 0.187. The van der Waals surface area contributed by atoms with Crippen LogP contribution in [0, 0.1) is 0 Å². The van der Waals surface area contributed by atoms with Crippen LogP contribution in [0.1, 0.15) is 24.3 Å². The van der Waals surface area contributed by atoms with Crippen LogP contribution in [0.15, 0.2) is 16.6 Å². The lowest BCUT2D eigenvalue weighted by molar-refractivity contribution is 0.371. The molecule has 16 heavy (non-hydrogen) atoms. The Morgan fingerprint density at radius 2 is 2.06 bits per heavy atom. The second-order valence-electron chi connectivity index (χ2n) is 4.07. The zero-order valence-corrected chi connectivity index (χ0v) is 10.9. The van der Waals surface area contributed by atoms with E-state index in [1.54, 1.807) is 13.2 Å². The van der Waals surface area contributed by atoms with Gasteiger partial charge in [-0.25, -0.2) is 0 Å². The molecule has 4 heteroatoms. The first-order chi connectivity index (χ1) is 7.72. The van der Waals surface area contributed by atoms with Crippen molar-refractivity contribution in [1.82, 2.24) is 5.32 Å².